The number of carbonyl (C=O) groups is 1. The van der Waals surface area contributed by atoms with Gasteiger partial charge in [-0.05, 0) is 18.6 Å². The van der Waals surface area contributed by atoms with E-state index in [0.717, 1.165) is 6.42 Å². The Balaban J connectivity index is 2.33. The van der Waals surface area contributed by atoms with Crippen LogP contribution in [0.2, 0.25) is 0 Å². The van der Waals surface area contributed by atoms with Crippen LogP contribution in [0.1, 0.15) is 23.2 Å². The van der Waals surface area contributed by atoms with Crippen molar-refractivity contribution in [3.8, 4) is 12.3 Å². The summed E-state index contributed by atoms with van der Waals surface area (Å²) in [5.41, 5.74) is 0.626. The first-order chi connectivity index (χ1) is 6.84. The molecule has 1 aromatic rings. The standard InChI is InChI=1S/C11H12N2O/c1-2-3-4-7-13-11(14)10-5-8-12-9-6-10/h1,5-6,8-9H,3-4,7H2,(H,13,14). The van der Waals surface area contributed by atoms with E-state index in [-0.39, 0.29) is 5.91 Å². The number of nitrogens with one attached hydrogen (secondary N) is 1. The van der Waals surface area contributed by atoms with Gasteiger partial charge in [-0.3, -0.25) is 9.78 Å². The Morgan fingerprint density at radius 1 is 1.50 bits per heavy atom. The van der Waals surface area contributed by atoms with Gasteiger partial charge < -0.3 is 5.32 Å². The summed E-state index contributed by atoms with van der Waals surface area (Å²) in [5, 5.41) is 2.77. The Morgan fingerprint density at radius 3 is 2.86 bits per heavy atom. The van der Waals surface area contributed by atoms with Gasteiger partial charge in [0.25, 0.3) is 5.91 Å². The fraction of sp³-hybridized carbons (Fsp3) is 0.273. The molecule has 3 nitrogen and oxygen atoms in total. The lowest BCUT2D eigenvalue weighted by molar-refractivity contribution is 0.0953. The van der Waals surface area contributed by atoms with E-state index in [0.29, 0.717) is 18.5 Å². The van der Waals surface area contributed by atoms with Gasteiger partial charge in [-0.15, -0.1) is 12.3 Å². The largest absolute Gasteiger partial charge is 0.352 e. The molecule has 0 spiro atoms. The van der Waals surface area contributed by atoms with E-state index in [4.69, 9.17) is 6.42 Å². The summed E-state index contributed by atoms with van der Waals surface area (Å²) in [4.78, 5) is 15.2. The van der Waals surface area contributed by atoms with Crippen molar-refractivity contribution < 1.29 is 4.79 Å². The van der Waals surface area contributed by atoms with Crippen LogP contribution in [0.3, 0.4) is 0 Å². The van der Waals surface area contributed by atoms with Crippen molar-refractivity contribution in [3.63, 3.8) is 0 Å². The normalized spacial score (nSPS) is 9.07. The zero-order valence-electron chi connectivity index (χ0n) is 7.86. The zero-order chi connectivity index (χ0) is 10.2. The molecule has 72 valence electrons. The number of nitrogens with zero attached hydrogens (tertiary/aromatic N) is 1. The van der Waals surface area contributed by atoms with Crippen LogP contribution in [0, 0.1) is 12.3 Å². The summed E-state index contributed by atoms with van der Waals surface area (Å²) in [5.74, 6) is 2.44. The van der Waals surface area contributed by atoms with Crippen molar-refractivity contribution in [2.75, 3.05) is 6.54 Å². The lowest BCUT2D eigenvalue weighted by Gasteiger charge is -2.02. The minimum Gasteiger partial charge on any atom is -0.352 e. The zero-order valence-corrected chi connectivity index (χ0v) is 7.86. The van der Waals surface area contributed by atoms with Crippen LogP contribution in [0.15, 0.2) is 24.5 Å². The maximum atomic E-state index is 11.4. The Hall–Kier alpha value is -1.82. The maximum absolute atomic E-state index is 11.4. The molecule has 14 heavy (non-hydrogen) atoms. The molecule has 0 atom stereocenters. The van der Waals surface area contributed by atoms with Gasteiger partial charge in [0, 0.05) is 30.9 Å². The van der Waals surface area contributed by atoms with Gasteiger partial charge in [-0.25, -0.2) is 0 Å². The number of unbranched alkanes of at least 4 members (excludes halogenated alkanes) is 1. The van der Waals surface area contributed by atoms with Gasteiger partial charge in [-0.1, -0.05) is 0 Å². The quantitative estimate of drug-likeness (QED) is 0.570. The maximum Gasteiger partial charge on any atom is 0.251 e. The predicted molar refractivity (Wildman–Crippen MR) is 54.6 cm³/mol. The molecule has 0 aliphatic rings. The van der Waals surface area contributed by atoms with Crippen LogP contribution in [0.25, 0.3) is 0 Å². The van der Waals surface area contributed by atoms with Crippen LogP contribution in [-0.4, -0.2) is 17.4 Å². The highest BCUT2D eigenvalue weighted by atomic mass is 16.1. The first kappa shape index (κ1) is 10.3. The molecule has 0 aliphatic carbocycles. The number of terminal acetylenes is 1. The minimum absolute atomic E-state index is 0.0792. The number of pyridine rings is 1. The van der Waals surface area contributed by atoms with Crippen LogP contribution in [0.4, 0.5) is 0 Å². The molecule has 0 radical (unpaired) electrons. The summed E-state index contributed by atoms with van der Waals surface area (Å²) >= 11 is 0. The lowest BCUT2D eigenvalue weighted by atomic mass is 10.2. The monoisotopic (exact) mass is 188 g/mol. The van der Waals surface area contributed by atoms with Gasteiger partial charge in [-0.2, -0.15) is 0 Å². The van der Waals surface area contributed by atoms with Crippen LogP contribution in [-0.2, 0) is 0 Å². The van der Waals surface area contributed by atoms with E-state index >= 15 is 0 Å². The molecule has 0 bridgehead atoms. The molecule has 1 aromatic heterocycles. The van der Waals surface area contributed by atoms with Gasteiger partial charge >= 0.3 is 0 Å². The van der Waals surface area contributed by atoms with Crippen LogP contribution >= 0.6 is 0 Å². The molecular formula is C11H12N2O. The van der Waals surface area contributed by atoms with Crippen LogP contribution < -0.4 is 5.32 Å². The van der Waals surface area contributed by atoms with Crippen molar-refractivity contribution >= 4 is 5.91 Å². The van der Waals surface area contributed by atoms with E-state index in [1.165, 1.54) is 0 Å². The number of carbonyl (C=O) groups excluding carboxylic acids is 1. The molecule has 0 saturated heterocycles. The molecule has 1 rings (SSSR count). The third kappa shape index (κ3) is 3.28. The van der Waals surface area contributed by atoms with Crippen molar-refractivity contribution in [1.82, 2.24) is 10.3 Å². The Bertz CT molecular complexity index is 327. The molecule has 0 saturated carbocycles. The van der Waals surface area contributed by atoms with Gasteiger partial charge in [0.2, 0.25) is 0 Å². The second-order valence-electron chi connectivity index (χ2n) is 2.80. The Kier molecular flexibility index (Phi) is 4.22. The van der Waals surface area contributed by atoms with Gasteiger partial charge in [0.15, 0.2) is 0 Å². The van der Waals surface area contributed by atoms with Crippen molar-refractivity contribution in [2.24, 2.45) is 0 Å². The van der Waals surface area contributed by atoms with Crippen molar-refractivity contribution in [3.05, 3.63) is 30.1 Å². The molecule has 3 heteroatoms. The molecule has 0 fully saturated rings. The van der Waals surface area contributed by atoms with E-state index in [9.17, 15) is 4.79 Å². The second kappa shape index (κ2) is 5.76. The third-order valence-electron chi connectivity index (χ3n) is 1.73. The SMILES string of the molecule is C#CCCCNC(=O)c1ccncc1. The molecule has 1 N–H and O–H groups in total. The molecule has 1 amide bonds. The highest BCUT2D eigenvalue weighted by molar-refractivity contribution is 5.93. The summed E-state index contributed by atoms with van der Waals surface area (Å²) in [6.45, 7) is 0.616. The lowest BCUT2D eigenvalue weighted by Crippen LogP contribution is -2.24. The second-order valence-corrected chi connectivity index (χ2v) is 2.80. The highest BCUT2D eigenvalue weighted by Gasteiger charge is 2.02. The van der Waals surface area contributed by atoms with E-state index in [2.05, 4.69) is 16.2 Å². The van der Waals surface area contributed by atoms with Gasteiger partial charge in [0.1, 0.15) is 0 Å². The first-order valence-electron chi connectivity index (χ1n) is 4.46. The van der Waals surface area contributed by atoms with E-state index in [1.54, 1.807) is 24.5 Å². The number of hydrogen-bond acceptors (Lipinski definition) is 2. The summed E-state index contributed by atoms with van der Waals surface area (Å²) < 4.78 is 0. The van der Waals surface area contributed by atoms with E-state index < -0.39 is 0 Å². The smallest absolute Gasteiger partial charge is 0.251 e. The Labute approximate surface area is 83.6 Å². The number of amides is 1. The predicted octanol–water partition coefficient (Wildman–Crippen LogP) is 1.22. The molecule has 0 unspecified atom stereocenters. The summed E-state index contributed by atoms with van der Waals surface area (Å²) in [6, 6.07) is 3.35. The molecular weight excluding hydrogens is 176 g/mol. The highest BCUT2D eigenvalue weighted by Crippen LogP contribution is 1.95. The molecule has 1 heterocycles. The average molecular weight is 188 g/mol. The fourth-order valence-corrected chi connectivity index (χ4v) is 0.998. The molecule has 0 aromatic carbocycles. The third-order valence-corrected chi connectivity index (χ3v) is 1.73. The number of hydrogen-bond donors (Lipinski definition) is 1. The fourth-order valence-electron chi connectivity index (χ4n) is 0.998. The van der Waals surface area contributed by atoms with Gasteiger partial charge in [0.05, 0.1) is 0 Å². The summed E-state index contributed by atoms with van der Waals surface area (Å²) in [7, 11) is 0. The minimum atomic E-state index is -0.0792. The number of aromatic nitrogens is 1. The molecule has 0 aliphatic heterocycles. The van der Waals surface area contributed by atoms with Crippen molar-refractivity contribution in [1.29, 1.82) is 0 Å². The Morgan fingerprint density at radius 2 is 2.21 bits per heavy atom. The average Bonchev–Trinajstić information content (AvgIpc) is 2.25. The van der Waals surface area contributed by atoms with Crippen molar-refractivity contribution in [2.45, 2.75) is 12.8 Å². The first-order valence-corrected chi connectivity index (χ1v) is 4.46. The van der Waals surface area contributed by atoms with E-state index in [1.807, 2.05) is 0 Å². The summed E-state index contributed by atoms with van der Waals surface area (Å²) in [6.07, 6.45) is 9.78. The number of rotatable bonds is 4. The van der Waals surface area contributed by atoms with Crippen LogP contribution in [0.5, 0.6) is 0 Å². The topological polar surface area (TPSA) is 42.0 Å².